The molecule has 3 aromatic rings. The van der Waals surface area contributed by atoms with Crippen LogP contribution in [0.25, 0.3) is 0 Å². The zero-order valence-corrected chi connectivity index (χ0v) is 17.4. The molecule has 3 heterocycles. The summed E-state index contributed by atoms with van der Waals surface area (Å²) < 4.78 is 13.2. The van der Waals surface area contributed by atoms with E-state index < -0.39 is 0 Å². The van der Waals surface area contributed by atoms with Gasteiger partial charge in [-0.15, -0.1) is 0 Å². The van der Waals surface area contributed by atoms with Crippen LogP contribution in [0.4, 0.5) is 4.79 Å². The van der Waals surface area contributed by atoms with Crippen molar-refractivity contribution >= 4 is 6.03 Å². The van der Waals surface area contributed by atoms with E-state index in [4.69, 9.17) is 9.47 Å². The van der Waals surface area contributed by atoms with Crippen molar-refractivity contribution in [3.63, 3.8) is 0 Å². The van der Waals surface area contributed by atoms with Gasteiger partial charge in [-0.1, -0.05) is 30.3 Å². The Hall–Kier alpha value is -3.48. The lowest BCUT2D eigenvalue weighted by atomic mass is 10.0. The zero-order valence-electron chi connectivity index (χ0n) is 17.4. The van der Waals surface area contributed by atoms with Crippen LogP contribution in [0.15, 0.2) is 60.9 Å². The second-order valence-electron chi connectivity index (χ2n) is 7.89. The number of rotatable bonds is 5. The number of fused-ring (bicyclic) bond motifs is 1. The molecule has 7 heteroatoms. The molecule has 31 heavy (non-hydrogen) atoms. The average molecular weight is 418 g/mol. The van der Waals surface area contributed by atoms with Gasteiger partial charge >= 0.3 is 6.03 Å². The van der Waals surface area contributed by atoms with Gasteiger partial charge in [0.1, 0.15) is 13.2 Å². The van der Waals surface area contributed by atoms with Crippen molar-refractivity contribution in [2.24, 2.45) is 0 Å². The lowest BCUT2D eigenvalue weighted by molar-refractivity contribution is 0.170. The van der Waals surface area contributed by atoms with E-state index in [1.165, 1.54) is 0 Å². The largest absolute Gasteiger partial charge is 0.486 e. The highest BCUT2D eigenvalue weighted by Crippen LogP contribution is 2.38. The van der Waals surface area contributed by atoms with Gasteiger partial charge in [-0.05, 0) is 47.7 Å². The summed E-state index contributed by atoms with van der Waals surface area (Å²) in [7, 11) is 0. The van der Waals surface area contributed by atoms with Crippen LogP contribution in [0.5, 0.6) is 11.5 Å². The van der Waals surface area contributed by atoms with E-state index in [0.29, 0.717) is 26.3 Å². The standard InChI is InChI=1S/C24H26N4O3/c29-24(25-16-19-5-1-2-6-20(19)17-27-11-4-10-26-27)28-12-3-7-21(28)18-8-9-22-23(15-18)31-14-13-30-22/h1-2,4-6,8-11,15,21H,3,7,12-14,16-17H2,(H,25,29). The van der Waals surface area contributed by atoms with Crippen LogP contribution >= 0.6 is 0 Å². The van der Waals surface area contributed by atoms with Crippen molar-refractivity contribution in [2.45, 2.75) is 32.0 Å². The Bertz CT molecular complexity index is 1050. The maximum Gasteiger partial charge on any atom is 0.318 e. The van der Waals surface area contributed by atoms with Crippen LogP contribution in [0, 0.1) is 0 Å². The molecular formula is C24H26N4O3. The molecule has 2 aromatic carbocycles. The molecule has 7 nitrogen and oxygen atoms in total. The van der Waals surface area contributed by atoms with Gasteiger partial charge in [-0.3, -0.25) is 4.68 Å². The fourth-order valence-electron chi connectivity index (χ4n) is 4.35. The Morgan fingerprint density at radius 3 is 2.74 bits per heavy atom. The van der Waals surface area contributed by atoms with Crippen LogP contribution in [0.3, 0.4) is 0 Å². The van der Waals surface area contributed by atoms with Crippen LogP contribution in [0.1, 0.15) is 35.6 Å². The Morgan fingerprint density at radius 1 is 1.06 bits per heavy atom. The van der Waals surface area contributed by atoms with Gasteiger partial charge in [0.15, 0.2) is 11.5 Å². The van der Waals surface area contributed by atoms with Crippen molar-refractivity contribution in [3.8, 4) is 11.5 Å². The van der Waals surface area contributed by atoms with Gasteiger partial charge < -0.3 is 19.7 Å². The summed E-state index contributed by atoms with van der Waals surface area (Å²) >= 11 is 0. The Balaban J connectivity index is 1.26. The average Bonchev–Trinajstić information content (AvgIpc) is 3.50. The molecule has 5 rings (SSSR count). The molecule has 1 aromatic heterocycles. The summed E-state index contributed by atoms with van der Waals surface area (Å²) in [5, 5.41) is 7.41. The van der Waals surface area contributed by atoms with E-state index in [1.807, 2.05) is 52.2 Å². The minimum atomic E-state index is -0.0359. The molecule has 160 valence electrons. The van der Waals surface area contributed by atoms with E-state index in [-0.39, 0.29) is 12.1 Å². The maximum absolute atomic E-state index is 13.1. The Morgan fingerprint density at radius 2 is 1.90 bits per heavy atom. The smallest absolute Gasteiger partial charge is 0.318 e. The summed E-state index contributed by atoms with van der Waals surface area (Å²) in [5.74, 6) is 1.54. The molecule has 0 bridgehead atoms. The highest BCUT2D eigenvalue weighted by atomic mass is 16.6. The molecule has 1 saturated heterocycles. The molecule has 2 aliphatic heterocycles. The number of hydrogen-bond donors (Lipinski definition) is 1. The molecule has 0 saturated carbocycles. The first-order valence-electron chi connectivity index (χ1n) is 10.8. The molecule has 0 spiro atoms. The minimum absolute atomic E-state index is 0.0359. The van der Waals surface area contributed by atoms with E-state index >= 15 is 0 Å². The van der Waals surface area contributed by atoms with Crippen molar-refractivity contribution < 1.29 is 14.3 Å². The van der Waals surface area contributed by atoms with Crippen molar-refractivity contribution in [1.82, 2.24) is 20.0 Å². The number of benzene rings is 2. The first-order chi connectivity index (χ1) is 15.3. The number of nitrogens with zero attached hydrogens (tertiary/aromatic N) is 3. The third kappa shape index (κ3) is 4.21. The molecule has 2 amide bonds. The molecule has 1 fully saturated rings. The highest BCUT2D eigenvalue weighted by molar-refractivity contribution is 5.75. The van der Waals surface area contributed by atoms with E-state index in [0.717, 1.165) is 47.6 Å². The summed E-state index contributed by atoms with van der Waals surface area (Å²) in [6.07, 6.45) is 5.65. The molecule has 2 aliphatic rings. The zero-order chi connectivity index (χ0) is 21.0. The van der Waals surface area contributed by atoms with E-state index in [2.05, 4.69) is 22.5 Å². The normalized spacial score (nSPS) is 17.5. The third-order valence-electron chi connectivity index (χ3n) is 5.90. The molecule has 0 radical (unpaired) electrons. The quantitative estimate of drug-likeness (QED) is 0.685. The number of urea groups is 1. The van der Waals surface area contributed by atoms with Crippen molar-refractivity contribution in [2.75, 3.05) is 19.8 Å². The molecule has 1 atom stereocenters. The predicted molar refractivity (Wildman–Crippen MR) is 116 cm³/mol. The fraction of sp³-hybridized carbons (Fsp3) is 0.333. The molecule has 0 aliphatic carbocycles. The number of likely N-dealkylation sites (tertiary alicyclic amines) is 1. The van der Waals surface area contributed by atoms with Crippen LogP contribution < -0.4 is 14.8 Å². The second-order valence-corrected chi connectivity index (χ2v) is 7.89. The summed E-state index contributed by atoms with van der Waals surface area (Å²) in [6, 6.07) is 16.1. The number of aromatic nitrogens is 2. The summed E-state index contributed by atoms with van der Waals surface area (Å²) in [4.78, 5) is 15.0. The van der Waals surface area contributed by atoms with Gasteiger partial charge in [0.2, 0.25) is 0 Å². The van der Waals surface area contributed by atoms with E-state index in [9.17, 15) is 4.79 Å². The summed E-state index contributed by atoms with van der Waals surface area (Å²) in [5.41, 5.74) is 3.34. The van der Waals surface area contributed by atoms with E-state index in [1.54, 1.807) is 6.20 Å². The van der Waals surface area contributed by atoms with Crippen LogP contribution in [0.2, 0.25) is 0 Å². The number of hydrogen-bond acceptors (Lipinski definition) is 4. The number of amides is 2. The topological polar surface area (TPSA) is 68.6 Å². The Labute approximate surface area is 181 Å². The Kier molecular flexibility index (Phi) is 5.48. The van der Waals surface area contributed by atoms with Crippen molar-refractivity contribution in [3.05, 3.63) is 77.6 Å². The number of carbonyl (C=O) groups excluding carboxylic acids is 1. The fourth-order valence-corrected chi connectivity index (χ4v) is 4.35. The molecule has 1 unspecified atom stereocenters. The van der Waals surface area contributed by atoms with Gasteiger partial charge in [0.25, 0.3) is 0 Å². The predicted octanol–water partition coefficient (Wildman–Crippen LogP) is 3.75. The molecule has 1 N–H and O–H groups in total. The van der Waals surface area contributed by atoms with Gasteiger partial charge in [0.05, 0.1) is 12.6 Å². The maximum atomic E-state index is 13.1. The second kappa shape index (κ2) is 8.71. The van der Waals surface area contributed by atoms with Gasteiger partial charge in [0, 0.05) is 25.5 Å². The number of ether oxygens (including phenoxy) is 2. The highest BCUT2D eigenvalue weighted by Gasteiger charge is 2.31. The lowest BCUT2D eigenvalue weighted by Gasteiger charge is -2.27. The third-order valence-corrected chi connectivity index (χ3v) is 5.90. The summed E-state index contributed by atoms with van der Waals surface area (Å²) in [6.45, 7) is 3.05. The van der Waals surface area contributed by atoms with Crippen LogP contribution in [-0.2, 0) is 13.1 Å². The van der Waals surface area contributed by atoms with Crippen molar-refractivity contribution in [1.29, 1.82) is 0 Å². The molecular weight excluding hydrogens is 392 g/mol. The first kappa shape index (κ1) is 19.5. The minimum Gasteiger partial charge on any atom is -0.486 e. The number of carbonyl (C=O) groups is 1. The van der Waals surface area contributed by atoms with Gasteiger partial charge in [-0.2, -0.15) is 5.10 Å². The number of nitrogens with one attached hydrogen (secondary N) is 1. The van der Waals surface area contributed by atoms with Gasteiger partial charge in [-0.25, -0.2) is 4.79 Å². The monoisotopic (exact) mass is 418 g/mol. The van der Waals surface area contributed by atoms with Crippen LogP contribution in [-0.4, -0.2) is 40.5 Å². The first-order valence-corrected chi connectivity index (χ1v) is 10.8. The lowest BCUT2D eigenvalue weighted by Crippen LogP contribution is -2.39. The SMILES string of the molecule is O=C(NCc1ccccc1Cn1cccn1)N1CCCC1c1ccc2c(c1)OCCO2.